The molecule has 1 N–H and O–H groups in total. The summed E-state index contributed by atoms with van der Waals surface area (Å²) in [5.74, 6) is -0.147. The summed E-state index contributed by atoms with van der Waals surface area (Å²) in [6.45, 7) is 3.37. The zero-order chi connectivity index (χ0) is 15.2. The van der Waals surface area contributed by atoms with E-state index >= 15 is 0 Å². The number of carbonyl (C=O) groups is 2. The molecule has 1 aromatic rings. The highest BCUT2D eigenvalue weighted by Gasteiger charge is 2.25. The lowest BCUT2D eigenvalue weighted by molar-refractivity contribution is -0.140. The molecule has 0 aliphatic carbocycles. The number of carbonyl (C=O) groups excluding carboxylic acids is 1. The summed E-state index contributed by atoms with van der Waals surface area (Å²) in [5, 5.41) is 8.86. The molecule has 1 fully saturated rings. The molecule has 0 radical (unpaired) electrons. The van der Waals surface area contributed by atoms with E-state index in [1.54, 1.807) is 0 Å². The van der Waals surface area contributed by atoms with Crippen molar-refractivity contribution in [2.75, 3.05) is 18.8 Å². The molecule has 1 heterocycles. The number of hydrogen-bond acceptors (Lipinski definition) is 3. The quantitative estimate of drug-likeness (QED) is 0.850. The lowest BCUT2D eigenvalue weighted by Crippen LogP contribution is -2.41. The number of aliphatic carboxylic acids is 1. The minimum atomic E-state index is -0.775. The first-order valence-electron chi connectivity index (χ1n) is 7.23. The van der Waals surface area contributed by atoms with Gasteiger partial charge in [0.25, 0.3) is 0 Å². The van der Waals surface area contributed by atoms with Crippen LogP contribution in [0, 0.1) is 12.8 Å². The summed E-state index contributed by atoms with van der Waals surface area (Å²) >= 11 is 1.54. The first kappa shape index (κ1) is 15.9. The molecule has 1 saturated heterocycles. The van der Waals surface area contributed by atoms with Crippen molar-refractivity contribution in [1.29, 1.82) is 0 Å². The van der Waals surface area contributed by atoms with Gasteiger partial charge in [-0.15, -0.1) is 11.8 Å². The van der Waals surface area contributed by atoms with E-state index in [0.717, 1.165) is 24.3 Å². The smallest absolute Gasteiger partial charge is 0.303 e. The van der Waals surface area contributed by atoms with Gasteiger partial charge in [0.05, 0.1) is 5.75 Å². The van der Waals surface area contributed by atoms with E-state index in [1.807, 2.05) is 36.1 Å². The van der Waals surface area contributed by atoms with Crippen molar-refractivity contribution in [3.63, 3.8) is 0 Å². The van der Waals surface area contributed by atoms with E-state index in [4.69, 9.17) is 5.11 Å². The van der Waals surface area contributed by atoms with E-state index in [-0.39, 0.29) is 18.2 Å². The summed E-state index contributed by atoms with van der Waals surface area (Å²) in [7, 11) is 0. The fourth-order valence-corrected chi connectivity index (χ4v) is 3.38. The Morgan fingerprint density at radius 1 is 1.33 bits per heavy atom. The van der Waals surface area contributed by atoms with Crippen molar-refractivity contribution in [3.8, 4) is 0 Å². The SMILES string of the molecule is Cc1ccc(SCC(=O)N2CCCC(CC(=O)O)C2)cc1. The number of benzene rings is 1. The molecule has 0 aromatic heterocycles. The Balaban J connectivity index is 1.82. The van der Waals surface area contributed by atoms with Crippen molar-refractivity contribution in [1.82, 2.24) is 4.90 Å². The second kappa shape index (κ2) is 7.50. The van der Waals surface area contributed by atoms with Crippen molar-refractivity contribution in [2.45, 2.75) is 31.1 Å². The summed E-state index contributed by atoms with van der Waals surface area (Å²) in [6.07, 6.45) is 1.97. The largest absolute Gasteiger partial charge is 0.481 e. The predicted octanol–water partition coefficient (Wildman–Crippen LogP) is 2.80. The minimum absolute atomic E-state index is 0.101. The monoisotopic (exact) mass is 307 g/mol. The number of thioether (sulfide) groups is 1. The van der Waals surface area contributed by atoms with Crippen molar-refractivity contribution in [2.24, 2.45) is 5.92 Å². The normalized spacial score (nSPS) is 18.5. The van der Waals surface area contributed by atoms with E-state index in [0.29, 0.717) is 12.3 Å². The predicted molar refractivity (Wildman–Crippen MR) is 83.5 cm³/mol. The van der Waals surface area contributed by atoms with Crippen LogP contribution >= 0.6 is 11.8 Å². The van der Waals surface area contributed by atoms with Gasteiger partial charge in [-0.05, 0) is 37.8 Å². The van der Waals surface area contributed by atoms with E-state index in [1.165, 1.54) is 17.3 Å². The Labute approximate surface area is 129 Å². The van der Waals surface area contributed by atoms with Gasteiger partial charge in [-0.2, -0.15) is 0 Å². The highest BCUT2D eigenvalue weighted by molar-refractivity contribution is 8.00. The van der Waals surface area contributed by atoms with Gasteiger partial charge in [0, 0.05) is 24.4 Å². The number of piperidine rings is 1. The second-order valence-electron chi connectivity index (χ2n) is 5.55. The van der Waals surface area contributed by atoms with Crippen LogP contribution < -0.4 is 0 Å². The maximum absolute atomic E-state index is 12.2. The first-order chi connectivity index (χ1) is 10.0. The fraction of sp³-hybridized carbons (Fsp3) is 0.500. The molecule has 1 aromatic carbocycles. The summed E-state index contributed by atoms with van der Waals surface area (Å²) in [6, 6.07) is 8.13. The Bertz CT molecular complexity index is 501. The Hall–Kier alpha value is -1.49. The molecule has 114 valence electrons. The number of aryl methyl sites for hydroxylation is 1. The van der Waals surface area contributed by atoms with Gasteiger partial charge in [-0.1, -0.05) is 17.7 Å². The number of amides is 1. The standard InChI is InChI=1S/C16H21NO3S/c1-12-4-6-14(7-5-12)21-11-15(18)17-8-2-3-13(10-17)9-16(19)20/h4-7,13H,2-3,8-11H2,1H3,(H,19,20). The molecular weight excluding hydrogens is 286 g/mol. The Morgan fingerprint density at radius 3 is 2.71 bits per heavy atom. The van der Waals surface area contributed by atoms with Crippen LogP contribution in [0.15, 0.2) is 29.2 Å². The molecule has 21 heavy (non-hydrogen) atoms. The van der Waals surface area contributed by atoms with Crippen LogP contribution in [0.2, 0.25) is 0 Å². The number of rotatable bonds is 5. The van der Waals surface area contributed by atoms with Gasteiger partial charge < -0.3 is 10.0 Å². The van der Waals surface area contributed by atoms with Crippen LogP contribution in [-0.4, -0.2) is 40.7 Å². The molecule has 5 heteroatoms. The maximum atomic E-state index is 12.2. The van der Waals surface area contributed by atoms with Crippen LogP contribution in [0.4, 0.5) is 0 Å². The average molecular weight is 307 g/mol. The number of likely N-dealkylation sites (tertiary alicyclic amines) is 1. The van der Waals surface area contributed by atoms with Gasteiger partial charge in [0.2, 0.25) is 5.91 Å². The Morgan fingerprint density at radius 2 is 2.05 bits per heavy atom. The topological polar surface area (TPSA) is 57.6 Å². The van der Waals surface area contributed by atoms with E-state index < -0.39 is 5.97 Å². The summed E-state index contributed by atoms with van der Waals surface area (Å²) < 4.78 is 0. The maximum Gasteiger partial charge on any atom is 0.303 e. The number of hydrogen-bond donors (Lipinski definition) is 1. The van der Waals surface area contributed by atoms with Crippen molar-refractivity contribution >= 4 is 23.6 Å². The van der Waals surface area contributed by atoms with Crippen LogP contribution in [0.5, 0.6) is 0 Å². The van der Waals surface area contributed by atoms with E-state index in [2.05, 4.69) is 0 Å². The zero-order valence-corrected chi connectivity index (χ0v) is 13.1. The number of carboxylic acid groups (broad SMARTS) is 1. The van der Waals surface area contributed by atoms with Crippen molar-refractivity contribution in [3.05, 3.63) is 29.8 Å². The molecule has 1 atom stereocenters. The second-order valence-corrected chi connectivity index (χ2v) is 6.60. The first-order valence-corrected chi connectivity index (χ1v) is 8.22. The third kappa shape index (κ3) is 5.08. The summed E-state index contributed by atoms with van der Waals surface area (Å²) in [5.41, 5.74) is 1.21. The number of carboxylic acids is 1. The lowest BCUT2D eigenvalue weighted by Gasteiger charge is -2.32. The molecule has 0 spiro atoms. The van der Waals surface area contributed by atoms with Crippen molar-refractivity contribution < 1.29 is 14.7 Å². The van der Waals surface area contributed by atoms with Crippen LogP contribution in [0.1, 0.15) is 24.8 Å². The molecular formula is C16H21NO3S. The zero-order valence-electron chi connectivity index (χ0n) is 12.2. The molecule has 1 aliphatic rings. The van der Waals surface area contributed by atoms with Crippen LogP contribution in [0.25, 0.3) is 0 Å². The molecule has 1 unspecified atom stereocenters. The highest BCUT2D eigenvalue weighted by atomic mass is 32.2. The highest BCUT2D eigenvalue weighted by Crippen LogP contribution is 2.22. The lowest BCUT2D eigenvalue weighted by atomic mass is 9.95. The van der Waals surface area contributed by atoms with Gasteiger partial charge >= 0.3 is 5.97 Å². The minimum Gasteiger partial charge on any atom is -0.481 e. The Kier molecular flexibility index (Phi) is 5.67. The van der Waals surface area contributed by atoms with Gasteiger partial charge in [-0.3, -0.25) is 9.59 Å². The molecule has 2 rings (SSSR count). The van der Waals surface area contributed by atoms with E-state index in [9.17, 15) is 9.59 Å². The van der Waals surface area contributed by atoms with Crippen LogP contribution in [0.3, 0.4) is 0 Å². The third-order valence-corrected chi connectivity index (χ3v) is 4.72. The fourth-order valence-electron chi connectivity index (χ4n) is 2.58. The third-order valence-electron chi connectivity index (χ3n) is 3.72. The summed E-state index contributed by atoms with van der Waals surface area (Å²) in [4.78, 5) is 25.9. The molecule has 1 amide bonds. The van der Waals surface area contributed by atoms with Gasteiger partial charge in [-0.25, -0.2) is 0 Å². The van der Waals surface area contributed by atoms with Gasteiger partial charge in [0.1, 0.15) is 0 Å². The molecule has 4 nitrogen and oxygen atoms in total. The molecule has 1 aliphatic heterocycles. The van der Waals surface area contributed by atoms with Crippen LogP contribution in [-0.2, 0) is 9.59 Å². The molecule has 0 saturated carbocycles. The molecule has 0 bridgehead atoms. The number of nitrogens with zero attached hydrogens (tertiary/aromatic N) is 1. The average Bonchev–Trinajstić information content (AvgIpc) is 2.46. The van der Waals surface area contributed by atoms with Gasteiger partial charge in [0.15, 0.2) is 0 Å².